The smallest absolute Gasteiger partial charge is 0.150 e. The summed E-state index contributed by atoms with van der Waals surface area (Å²) < 4.78 is 13.5. The molecule has 0 amide bonds. The van der Waals surface area contributed by atoms with E-state index in [0.717, 1.165) is 0 Å². The van der Waals surface area contributed by atoms with Crippen LogP contribution in [0.15, 0.2) is 18.2 Å². The Morgan fingerprint density at radius 2 is 2.33 bits per heavy atom. The van der Waals surface area contributed by atoms with Gasteiger partial charge in [0.25, 0.3) is 0 Å². The molecule has 1 N–H and O–H groups in total. The Balaban J connectivity index is 2.25. The second-order valence-corrected chi connectivity index (χ2v) is 3.72. The van der Waals surface area contributed by atoms with E-state index in [-0.39, 0.29) is 6.10 Å². The van der Waals surface area contributed by atoms with Gasteiger partial charge in [0, 0.05) is 18.7 Å². The van der Waals surface area contributed by atoms with E-state index in [1.807, 2.05) is 0 Å². The van der Waals surface area contributed by atoms with Gasteiger partial charge in [-0.2, -0.15) is 0 Å². The SMILES string of the molecule is O=Cc1ccc(N2CCC(O)C2)c(F)c1. The van der Waals surface area contributed by atoms with Crippen molar-refractivity contribution >= 4 is 12.0 Å². The average molecular weight is 209 g/mol. The number of aliphatic hydroxyl groups excluding tert-OH is 1. The van der Waals surface area contributed by atoms with Gasteiger partial charge < -0.3 is 10.0 Å². The molecule has 1 atom stereocenters. The Bertz CT molecular complexity index is 381. The monoisotopic (exact) mass is 209 g/mol. The molecular weight excluding hydrogens is 197 g/mol. The highest BCUT2D eigenvalue weighted by Crippen LogP contribution is 2.24. The first-order valence-electron chi connectivity index (χ1n) is 4.88. The number of hydrogen-bond donors (Lipinski definition) is 1. The molecule has 1 saturated heterocycles. The van der Waals surface area contributed by atoms with E-state index in [1.165, 1.54) is 6.07 Å². The van der Waals surface area contributed by atoms with Gasteiger partial charge in [-0.05, 0) is 24.6 Å². The second kappa shape index (κ2) is 3.98. The molecule has 15 heavy (non-hydrogen) atoms. The molecule has 1 aliphatic heterocycles. The molecule has 2 rings (SSSR count). The molecule has 0 aliphatic carbocycles. The van der Waals surface area contributed by atoms with Crippen LogP contribution in [0.1, 0.15) is 16.8 Å². The van der Waals surface area contributed by atoms with Crippen molar-refractivity contribution < 1.29 is 14.3 Å². The highest BCUT2D eigenvalue weighted by molar-refractivity contribution is 5.76. The summed E-state index contributed by atoms with van der Waals surface area (Å²) in [4.78, 5) is 12.2. The van der Waals surface area contributed by atoms with Crippen molar-refractivity contribution in [3.05, 3.63) is 29.6 Å². The van der Waals surface area contributed by atoms with Crippen LogP contribution in [0.5, 0.6) is 0 Å². The maximum Gasteiger partial charge on any atom is 0.150 e. The van der Waals surface area contributed by atoms with Crippen LogP contribution in [0.3, 0.4) is 0 Å². The maximum atomic E-state index is 13.5. The molecule has 1 aromatic carbocycles. The highest BCUT2D eigenvalue weighted by Gasteiger charge is 2.22. The Labute approximate surface area is 87.1 Å². The zero-order valence-electron chi connectivity index (χ0n) is 8.19. The minimum atomic E-state index is -0.409. The zero-order chi connectivity index (χ0) is 10.8. The van der Waals surface area contributed by atoms with Crippen LogP contribution < -0.4 is 4.90 Å². The molecular formula is C11H12FNO2. The zero-order valence-corrected chi connectivity index (χ0v) is 8.19. The van der Waals surface area contributed by atoms with E-state index >= 15 is 0 Å². The van der Waals surface area contributed by atoms with Crippen molar-refractivity contribution in [2.24, 2.45) is 0 Å². The van der Waals surface area contributed by atoms with Gasteiger partial charge in [-0.25, -0.2) is 4.39 Å². The van der Waals surface area contributed by atoms with Gasteiger partial charge in [-0.1, -0.05) is 0 Å². The summed E-state index contributed by atoms with van der Waals surface area (Å²) in [5.74, 6) is -0.409. The number of halogens is 1. The number of β-amino-alcohol motifs (C(OH)–C–C–N with tert-alkyl or cyclic N) is 1. The van der Waals surface area contributed by atoms with Crippen LogP contribution in [-0.4, -0.2) is 30.6 Å². The summed E-state index contributed by atoms with van der Waals surface area (Å²) in [6.07, 6.45) is 0.899. The van der Waals surface area contributed by atoms with Gasteiger partial charge in [-0.15, -0.1) is 0 Å². The number of carbonyl (C=O) groups excluding carboxylic acids is 1. The number of rotatable bonds is 2. The van der Waals surface area contributed by atoms with Crippen molar-refractivity contribution in [3.63, 3.8) is 0 Å². The number of nitrogens with zero attached hydrogens (tertiary/aromatic N) is 1. The van der Waals surface area contributed by atoms with Crippen LogP contribution >= 0.6 is 0 Å². The fraction of sp³-hybridized carbons (Fsp3) is 0.364. The van der Waals surface area contributed by atoms with E-state index in [2.05, 4.69) is 0 Å². The molecule has 0 aromatic heterocycles. The van der Waals surface area contributed by atoms with E-state index in [0.29, 0.717) is 37.0 Å². The van der Waals surface area contributed by atoms with Crippen molar-refractivity contribution in [1.82, 2.24) is 0 Å². The lowest BCUT2D eigenvalue weighted by Crippen LogP contribution is -2.22. The van der Waals surface area contributed by atoms with Crippen LogP contribution in [0.4, 0.5) is 10.1 Å². The van der Waals surface area contributed by atoms with Gasteiger partial charge in [0.15, 0.2) is 0 Å². The minimum Gasteiger partial charge on any atom is -0.391 e. The predicted molar refractivity (Wildman–Crippen MR) is 54.6 cm³/mol. The third-order valence-corrected chi connectivity index (χ3v) is 2.61. The largest absolute Gasteiger partial charge is 0.391 e. The molecule has 80 valence electrons. The molecule has 0 radical (unpaired) electrons. The summed E-state index contributed by atoms with van der Waals surface area (Å²) >= 11 is 0. The summed E-state index contributed by atoms with van der Waals surface area (Å²) in [6, 6.07) is 4.38. The summed E-state index contributed by atoms with van der Waals surface area (Å²) in [6.45, 7) is 1.11. The molecule has 0 saturated carbocycles. The van der Waals surface area contributed by atoms with Crippen molar-refractivity contribution in [3.8, 4) is 0 Å². The number of benzene rings is 1. The predicted octanol–water partition coefficient (Wildman–Crippen LogP) is 1.21. The lowest BCUT2D eigenvalue weighted by Gasteiger charge is -2.18. The van der Waals surface area contributed by atoms with Gasteiger partial charge in [-0.3, -0.25) is 4.79 Å². The number of anilines is 1. The lowest BCUT2D eigenvalue weighted by atomic mass is 10.2. The van der Waals surface area contributed by atoms with Gasteiger partial charge in [0.2, 0.25) is 0 Å². The van der Waals surface area contributed by atoms with Crippen molar-refractivity contribution in [2.75, 3.05) is 18.0 Å². The molecule has 3 nitrogen and oxygen atoms in total. The molecule has 0 spiro atoms. The Hall–Kier alpha value is -1.42. The molecule has 1 fully saturated rings. The first-order valence-corrected chi connectivity index (χ1v) is 4.88. The third-order valence-electron chi connectivity index (χ3n) is 2.61. The van der Waals surface area contributed by atoms with Crippen LogP contribution in [-0.2, 0) is 0 Å². The lowest BCUT2D eigenvalue weighted by molar-refractivity contribution is 0.112. The van der Waals surface area contributed by atoms with E-state index in [9.17, 15) is 14.3 Å². The quantitative estimate of drug-likeness (QED) is 0.744. The van der Waals surface area contributed by atoms with E-state index in [4.69, 9.17) is 0 Å². The van der Waals surface area contributed by atoms with E-state index in [1.54, 1.807) is 17.0 Å². The average Bonchev–Trinajstić information content (AvgIpc) is 2.64. The first-order chi connectivity index (χ1) is 7.20. The third kappa shape index (κ3) is 1.99. The molecule has 1 unspecified atom stereocenters. The van der Waals surface area contributed by atoms with Crippen LogP contribution in [0.25, 0.3) is 0 Å². The molecule has 1 heterocycles. The molecule has 4 heteroatoms. The normalized spacial score (nSPS) is 20.7. The first kappa shape index (κ1) is 10.1. The number of aldehydes is 1. The van der Waals surface area contributed by atoms with Crippen molar-refractivity contribution in [1.29, 1.82) is 0 Å². The topological polar surface area (TPSA) is 40.5 Å². The number of hydrogen-bond acceptors (Lipinski definition) is 3. The summed E-state index contributed by atoms with van der Waals surface area (Å²) in [7, 11) is 0. The number of carbonyl (C=O) groups is 1. The fourth-order valence-electron chi connectivity index (χ4n) is 1.81. The van der Waals surface area contributed by atoms with Gasteiger partial charge in [0.05, 0.1) is 11.8 Å². The number of aliphatic hydroxyl groups is 1. The second-order valence-electron chi connectivity index (χ2n) is 3.72. The summed E-state index contributed by atoms with van der Waals surface area (Å²) in [5.41, 5.74) is 0.785. The molecule has 1 aromatic rings. The van der Waals surface area contributed by atoms with Gasteiger partial charge >= 0.3 is 0 Å². The minimum absolute atomic E-state index is 0.330. The van der Waals surface area contributed by atoms with E-state index < -0.39 is 5.82 Å². The fourth-order valence-corrected chi connectivity index (χ4v) is 1.81. The standard InChI is InChI=1S/C11H12FNO2/c12-10-5-8(7-14)1-2-11(10)13-4-3-9(15)6-13/h1-2,5,7,9,15H,3-4,6H2. The summed E-state index contributed by atoms with van der Waals surface area (Å²) in [5, 5.41) is 9.33. The Morgan fingerprint density at radius 1 is 1.53 bits per heavy atom. The maximum absolute atomic E-state index is 13.5. The Morgan fingerprint density at radius 3 is 2.87 bits per heavy atom. The molecule has 0 bridgehead atoms. The van der Waals surface area contributed by atoms with Crippen LogP contribution in [0.2, 0.25) is 0 Å². The van der Waals surface area contributed by atoms with Crippen molar-refractivity contribution in [2.45, 2.75) is 12.5 Å². The highest BCUT2D eigenvalue weighted by atomic mass is 19.1. The Kier molecular flexibility index (Phi) is 2.68. The van der Waals surface area contributed by atoms with Crippen LogP contribution in [0, 0.1) is 5.82 Å². The van der Waals surface area contributed by atoms with Gasteiger partial charge in [0.1, 0.15) is 12.1 Å². The molecule has 1 aliphatic rings.